The first-order chi connectivity index (χ1) is 8.81. The third-order valence-corrected chi connectivity index (χ3v) is 3.00. The summed E-state index contributed by atoms with van der Waals surface area (Å²) in [6.45, 7) is 0.441. The summed E-state index contributed by atoms with van der Waals surface area (Å²) in [4.78, 5) is 0. The number of hydrogen-bond acceptors (Lipinski definition) is 3. The molecule has 0 saturated heterocycles. The molecule has 0 fully saturated rings. The minimum atomic E-state index is 0.203. The van der Waals surface area contributed by atoms with Crippen molar-refractivity contribution in [2.45, 2.75) is 6.54 Å². The smallest absolute Gasteiger partial charge is 0.141 e. The summed E-state index contributed by atoms with van der Waals surface area (Å²) in [6, 6.07) is 13.0. The van der Waals surface area contributed by atoms with E-state index in [0.29, 0.717) is 12.2 Å². The van der Waals surface area contributed by atoms with Gasteiger partial charge in [-0.15, -0.1) is 0 Å². The Morgan fingerprint density at radius 1 is 1.11 bits per heavy atom. The number of aromatic nitrogens is 2. The van der Waals surface area contributed by atoms with Crippen molar-refractivity contribution in [3.8, 4) is 11.4 Å². The molecule has 3 N–H and O–H groups in total. The number of phenolic OH excluding ortho intramolecular Hbond substituents is 1. The van der Waals surface area contributed by atoms with Crippen molar-refractivity contribution in [2.24, 2.45) is 5.73 Å². The van der Waals surface area contributed by atoms with Crippen LogP contribution in [0.25, 0.3) is 16.6 Å². The molecule has 0 aliphatic heterocycles. The standard InChI is InChI=1S/C14H13N3O/c15-8-10-4-3-5-11-9-16-17(14(10)11)12-6-1-2-7-13(12)18/h1-7,9,18H,8,15H2. The minimum absolute atomic E-state index is 0.203. The highest BCUT2D eigenvalue weighted by Gasteiger charge is 2.10. The predicted molar refractivity (Wildman–Crippen MR) is 70.6 cm³/mol. The molecular weight excluding hydrogens is 226 g/mol. The van der Waals surface area contributed by atoms with E-state index in [1.165, 1.54) is 0 Å². The zero-order chi connectivity index (χ0) is 12.5. The van der Waals surface area contributed by atoms with E-state index in [0.717, 1.165) is 16.5 Å². The highest BCUT2D eigenvalue weighted by atomic mass is 16.3. The largest absolute Gasteiger partial charge is 0.506 e. The Morgan fingerprint density at radius 2 is 1.94 bits per heavy atom. The van der Waals surface area contributed by atoms with Crippen molar-refractivity contribution in [2.75, 3.05) is 0 Å². The van der Waals surface area contributed by atoms with Crippen LogP contribution in [0.1, 0.15) is 5.56 Å². The van der Waals surface area contributed by atoms with Crippen molar-refractivity contribution >= 4 is 10.9 Å². The fourth-order valence-electron chi connectivity index (χ4n) is 2.14. The summed E-state index contributed by atoms with van der Waals surface area (Å²) in [5.41, 5.74) is 8.37. The Bertz CT molecular complexity index is 703. The van der Waals surface area contributed by atoms with Crippen molar-refractivity contribution in [3.05, 3.63) is 54.2 Å². The minimum Gasteiger partial charge on any atom is -0.506 e. The van der Waals surface area contributed by atoms with E-state index in [9.17, 15) is 5.11 Å². The first-order valence-electron chi connectivity index (χ1n) is 5.75. The lowest BCUT2D eigenvalue weighted by molar-refractivity contribution is 0.471. The molecule has 1 heterocycles. The van der Waals surface area contributed by atoms with E-state index in [2.05, 4.69) is 5.10 Å². The molecule has 4 nitrogen and oxygen atoms in total. The van der Waals surface area contributed by atoms with Crippen LogP contribution in [-0.4, -0.2) is 14.9 Å². The Morgan fingerprint density at radius 3 is 2.72 bits per heavy atom. The normalized spacial score (nSPS) is 10.9. The lowest BCUT2D eigenvalue weighted by atomic mass is 10.1. The van der Waals surface area contributed by atoms with Crippen molar-refractivity contribution in [1.29, 1.82) is 0 Å². The predicted octanol–water partition coefficient (Wildman–Crippen LogP) is 2.19. The van der Waals surface area contributed by atoms with E-state index >= 15 is 0 Å². The highest BCUT2D eigenvalue weighted by Crippen LogP contribution is 2.26. The van der Waals surface area contributed by atoms with Gasteiger partial charge in [-0.1, -0.05) is 30.3 Å². The molecule has 0 aliphatic rings. The topological polar surface area (TPSA) is 64.1 Å². The van der Waals surface area contributed by atoms with Crippen LogP contribution in [0.5, 0.6) is 5.75 Å². The highest BCUT2D eigenvalue weighted by molar-refractivity contribution is 5.84. The third kappa shape index (κ3) is 1.55. The second-order valence-corrected chi connectivity index (χ2v) is 4.10. The zero-order valence-corrected chi connectivity index (χ0v) is 9.74. The Labute approximate surface area is 104 Å². The number of fused-ring (bicyclic) bond motifs is 1. The van der Waals surface area contributed by atoms with Crippen molar-refractivity contribution in [3.63, 3.8) is 0 Å². The second kappa shape index (κ2) is 4.16. The number of aromatic hydroxyl groups is 1. The number of benzene rings is 2. The van der Waals surface area contributed by atoms with Crippen LogP contribution in [0.4, 0.5) is 0 Å². The number of nitrogens with two attached hydrogens (primary N) is 1. The summed E-state index contributed by atoms with van der Waals surface area (Å²) in [6.07, 6.45) is 1.78. The molecule has 0 saturated carbocycles. The van der Waals surface area contributed by atoms with Crippen LogP contribution in [0.15, 0.2) is 48.7 Å². The number of rotatable bonds is 2. The van der Waals surface area contributed by atoms with Crippen LogP contribution in [-0.2, 0) is 6.54 Å². The van der Waals surface area contributed by atoms with Crippen LogP contribution in [0, 0.1) is 0 Å². The monoisotopic (exact) mass is 239 g/mol. The number of para-hydroxylation sites is 3. The van der Waals surface area contributed by atoms with Crippen molar-refractivity contribution < 1.29 is 5.11 Å². The van der Waals surface area contributed by atoms with E-state index in [1.807, 2.05) is 30.3 Å². The number of nitrogens with zero attached hydrogens (tertiary/aromatic N) is 2. The van der Waals surface area contributed by atoms with Gasteiger partial charge in [0.25, 0.3) is 0 Å². The fraction of sp³-hybridized carbons (Fsp3) is 0.0714. The molecule has 0 bridgehead atoms. The maximum absolute atomic E-state index is 9.91. The van der Waals surface area contributed by atoms with E-state index in [-0.39, 0.29) is 5.75 Å². The number of phenols is 1. The summed E-state index contributed by atoms with van der Waals surface area (Å²) in [5, 5.41) is 15.3. The van der Waals surface area contributed by atoms with Gasteiger partial charge in [-0.2, -0.15) is 5.10 Å². The van der Waals surface area contributed by atoms with Gasteiger partial charge in [-0.05, 0) is 17.7 Å². The van der Waals surface area contributed by atoms with Gasteiger partial charge in [0.1, 0.15) is 11.4 Å². The van der Waals surface area contributed by atoms with E-state index in [1.54, 1.807) is 23.0 Å². The van der Waals surface area contributed by atoms with Crippen LogP contribution < -0.4 is 5.73 Å². The summed E-state index contributed by atoms with van der Waals surface area (Å²) < 4.78 is 1.73. The molecule has 3 aromatic rings. The van der Waals surface area contributed by atoms with Gasteiger partial charge in [0.05, 0.1) is 11.7 Å². The molecule has 90 valence electrons. The van der Waals surface area contributed by atoms with Gasteiger partial charge in [0, 0.05) is 11.9 Å². The first-order valence-corrected chi connectivity index (χ1v) is 5.75. The van der Waals surface area contributed by atoms with Crippen LogP contribution in [0.3, 0.4) is 0 Å². The Kier molecular flexibility index (Phi) is 2.50. The van der Waals surface area contributed by atoms with Gasteiger partial charge in [0.15, 0.2) is 0 Å². The maximum Gasteiger partial charge on any atom is 0.141 e. The van der Waals surface area contributed by atoms with Gasteiger partial charge in [0.2, 0.25) is 0 Å². The molecule has 3 rings (SSSR count). The lowest BCUT2D eigenvalue weighted by Gasteiger charge is -2.08. The van der Waals surface area contributed by atoms with E-state index in [4.69, 9.17) is 5.73 Å². The van der Waals surface area contributed by atoms with Gasteiger partial charge in [-0.3, -0.25) is 0 Å². The van der Waals surface area contributed by atoms with E-state index < -0.39 is 0 Å². The molecular formula is C14H13N3O. The maximum atomic E-state index is 9.91. The molecule has 0 atom stereocenters. The van der Waals surface area contributed by atoms with Crippen molar-refractivity contribution in [1.82, 2.24) is 9.78 Å². The molecule has 0 unspecified atom stereocenters. The fourth-order valence-corrected chi connectivity index (χ4v) is 2.14. The average Bonchev–Trinajstić information content (AvgIpc) is 2.83. The van der Waals surface area contributed by atoms with Gasteiger partial charge in [-0.25, -0.2) is 4.68 Å². The quantitative estimate of drug-likeness (QED) is 0.720. The molecule has 1 aromatic heterocycles. The van der Waals surface area contributed by atoms with Crippen LogP contribution in [0.2, 0.25) is 0 Å². The zero-order valence-electron chi connectivity index (χ0n) is 9.74. The number of hydrogen-bond donors (Lipinski definition) is 2. The summed E-state index contributed by atoms with van der Waals surface area (Å²) in [7, 11) is 0. The Balaban J connectivity index is 2.34. The molecule has 4 heteroatoms. The Hall–Kier alpha value is -2.33. The first kappa shape index (κ1) is 10.8. The molecule has 0 aliphatic carbocycles. The SMILES string of the molecule is NCc1cccc2cnn(-c3ccccc3O)c12. The molecule has 2 aromatic carbocycles. The lowest BCUT2D eigenvalue weighted by Crippen LogP contribution is -2.02. The molecule has 18 heavy (non-hydrogen) atoms. The molecule has 0 radical (unpaired) electrons. The summed E-state index contributed by atoms with van der Waals surface area (Å²) >= 11 is 0. The van der Waals surface area contributed by atoms with Crippen LogP contribution >= 0.6 is 0 Å². The molecule has 0 spiro atoms. The summed E-state index contributed by atoms with van der Waals surface area (Å²) in [5.74, 6) is 0.203. The second-order valence-electron chi connectivity index (χ2n) is 4.10. The van der Waals surface area contributed by atoms with Gasteiger partial charge < -0.3 is 10.8 Å². The average molecular weight is 239 g/mol. The molecule has 0 amide bonds. The third-order valence-electron chi connectivity index (χ3n) is 3.00. The van der Waals surface area contributed by atoms with Gasteiger partial charge >= 0.3 is 0 Å².